The Morgan fingerprint density at radius 3 is 2.58 bits per heavy atom. The molecular formula is C29H29ClN6O2. The molecule has 0 aliphatic heterocycles. The molecule has 3 aromatic heterocycles. The molecule has 1 N–H and O–H groups in total. The number of halogens is 1. The average molecular weight is 529 g/mol. The van der Waals surface area contributed by atoms with Crippen LogP contribution >= 0.6 is 11.6 Å². The Labute approximate surface area is 224 Å². The number of carbonyl (C=O) groups excluding carboxylic acids is 1. The van der Waals surface area contributed by atoms with E-state index < -0.39 is 0 Å². The molecule has 0 saturated heterocycles. The topological polar surface area (TPSA) is 86.7 Å². The summed E-state index contributed by atoms with van der Waals surface area (Å²) in [6.07, 6.45) is 6.94. The van der Waals surface area contributed by atoms with Crippen LogP contribution in [0, 0.1) is 12.8 Å². The summed E-state index contributed by atoms with van der Waals surface area (Å²) in [5, 5.41) is 3.61. The van der Waals surface area contributed by atoms with E-state index in [1.165, 1.54) is 0 Å². The van der Waals surface area contributed by atoms with Gasteiger partial charge in [-0.05, 0) is 74.9 Å². The van der Waals surface area contributed by atoms with Crippen molar-refractivity contribution in [3.63, 3.8) is 0 Å². The minimum atomic E-state index is -0.134. The number of nitrogens with one attached hydrogen (secondary N) is 1. The second kappa shape index (κ2) is 9.76. The molecule has 0 spiro atoms. The van der Waals surface area contributed by atoms with Crippen molar-refractivity contribution >= 4 is 39.6 Å². The van der Waals surface area contributed by atoms with Crippen molar-refractivity contribution in [2.45, 2.75) is 45.2 Å². The molecule has 38 heavy (non-hydrogen) atoms. The van der Waals surface area contributed by atoms with Gasteiger partial charge < -0.3 is 9.88 Å². The van der Waals surface area contributed by atoms with Crippen molar-refractivity contribution in [1.29, 1.82) is 0 Å². The van der Waals surface area contributed by atoms with Crippen LogP contribution in [0.2, 0.25) is 5.02 Å². The number of aryl methyl sites for hydroxylation is 2. The van der Waals surface area contributed by atoms with E-state index in [2.05, 4.69) is 15.3 Å². The number of para-hydroxylation sites is 2. The van der Waals surface area contributed by atoms with Gasteiger partial charge in [-0.15, -0.1) is 0 Å². The molecule has 1 aliphatic carbocycles. The van der Waals surface area contributed by atoms with Crippen molar-refractivity contribution in [2.75, 3.05) is 0 Å². The molecule has 9 heteroatoms. The fraction of sp³-hybridized carbons (Fsp3) is 0.310. The zero-order chi connectivity index (χ0) is 26.4. The monoisotopic (exact) mass is 528 g/mol. The maximum absolute atomic E-state index is 13.8. The van der Waals surface area contributed by atoms with Gasteiger partial charge >= 0.3 is 5.69 Å². The van der Waals surface area contributed by atoms with Crippen LogP contribution in [-0.4, -0.2) is 35.6 Å². The van der Waals surface area contributed by atoms with E-state index in [1.807, 2.05) is 65.6 Å². The van der Waals surface area contributed by atoms with Crippen LogP contribution in [0.4, 0.5) is 0 Å². The summed E-state index contributed by atoms with van der Waals surface area (Å²) in [6.45, 7) is 2.46. The molecule has 8 nitrogen and oxygen atoms in total. The Morgan fingerprint density at radius 1 is 1.03 bits per heavy atom. The summed E-state index contributed by atoms with van der Waals surface area (Å²) in [7, 11) is 1.96. The maximum atomic E-state index is 13.8. The lowest BCUT2D eigenvalue weighted by atomic mass is 9.85. The van der Waals surface area contributed by atoms with Crippen LogP contribution in [-0.2, 0) is 13.6 Å². The number of fused-ring (bicyclic) bond motifs is 2. The van der Waals surface area contributed by atoms with Crippen molar-refractivity contribution in [2.24, 2.45) is 13.0 Å². The van der Waals surface area contributed by atoms with Gasteiger partial charge in [-0.25, -0.2) is 9.78 Å². The average Bonchev–Trinajstić information content (AvgIpc) is 3.42. The van der Waals surface area contributed by atoms with Crippen molar-refractivity contribution in [3.05, 3.63) is 87.8 Å². The third kappa shape index (κ3) is 4.39. The predicted molar refractivity (Wildman–Crippen MR) is 149 cm³/mol. The third-order valence-corrected chi connectivity index (χ3v) is 7.93. The standard InChI is InChI=1S/C29H29ClN6O2/c1-18-23(13-20(30)15-31-18)28(37)33-21-9-7-19(8-10-21)16-35-26-5-3-4-6-27(26)36(29(35)38)22-11-12-25-24(14-22)32-17-34(25)2/h3-6,11-15,17,19,21H,7-10,16H2,1-2H3,(H,33,37)/t19-,21-. The quantitative estimate of drug-likeness (QED) is 0.347. The summed E-state index contributed by atoms with van der Waals surface area (Å²) < 4.78 is 5.66. The lowest BCUT2D eigenvalue weighted by Crippen LogP contribution is -2.39. The molecule has 3 heterocycles. The number of imidazole rings is 2. The van der Waals surface area contributed by atoms with E-state index in [-0.39, 0.29) is 17.6 Å². The van der Waals surface area contributed by atoms with Gasteiger partial charge in [-0.3, -0.25) is 18.9 Å². The highest BCUT2D eigenvalue weighted by molar-refractivity contribution is 6.30. The number of nitrogens with zero attached hydrogens (tertiary/aromatic N) is 5. The van der Waals surface area contributed by atoms with Gasteiger partial charge in [0, 0.05) is 25.8 Å². The number of carbonyl (C=O) groups is 1. The highest BCUT2D eigenvalue weighted by Gasteiger charge is 2.26. The Hall–Kier alpha value is -3.91. The summed E-state index contributed by atoms with van der Waals surface area (Å²) in [4.78, 5) is 35.2. The SMILES string of the molecule is Cc1ncc(Cl)cc1C(=O)N[C@H]1CC[C@H](Cn2c(=O)n(-c3ccc4c(c3)ncn4C)c3ccccc32)CC1. The highest BCUT2D eigenvalue weighted by atomic mass is 35.5. The number of hydrogen-bond donors (Lipinski definition) is 1. The molecule has 5 aromatic rings. The van der Waals surface area contributed by atoms with Gasteiger partial charge in [0.25, 0.3) is 5.91 Å². The second-order valence-corrected chi connectivity index (χ2v) is 10.7. The molecule has 6 rings (SSSR count). The normalized spacial score (nSPS) is 17.8. The molecule has 1 amide bonds. The molecule has 194 valence electrons. The van der Waals surface area contributed by atoms with Gasteiger partial charge in [-0.2, -0.15) is 0 Å². The highest BCUT2D eigenvalue weighted by Crippen LogP contribution is 2.28. The van der Waals surface area contributed by atoms with Crippen molar-refractivity contribution in [3.8, 4) is 5.69 Å². The fourth-order valence-electron chi connectivity index (χ4n) is 5.65. The van der Waals surface area contributed by atoms with Gasteiger partial charge in [0.2, 0.25) is 0 Å². The molecule has 0 unspecified atom stereocenters. The molecule has 0 radical (unpaired) electrons. The van der Waals surface area contributed by atoms with Crippen LogP contribution in [0.5, 0.6) is 0 Å². The molecule has 1 fully saturated rings. The van der Waals surface area contributed by atoms with Crippen molar-refractivity contribution < 1.29 is 4.79 Å². The van der Waals surface area contributed by atoms with E-state index in [9.17, 15) is 9.59 Å². The smallest absolute Gasteiger partial charge is 0.333 e. The van der Waals surface area contributed by atoms with E-state index in [0.29, 0.717) is 28.7 Å². The van der Waals surface area contributed by atoms with E-state index in [1.54, 1.807) is 23.2 Å². The number of rotatable bonds is 5. The molecule has 0 bridgehead atoms. The van der Waals surface area contributed by atoms with Gasteiger partial charge in [-0.1, -0.05) is 23.7 Å². The zero-order valence-electron chi connectivity index (χ0n) is 21.4. The van der Waals surface area contributed by atoms with E-state index >= 15 is 0 Å². The zero-order valence-corrected chi connectivity index (χ0v) is 22.2. The number of aromatic nitrogens is 5. The van der Waals surface area contributed by atoms with E-state index in [0.717, 1.165) is 53.4 Å². The first-order valence-electron chi connectivity index (χ1n) is 12.9. The first kappa shape index (κ1) is 24.4. The van der Waals surface area contributed by atoms with Crippen LogP contribution < -0.4 is 11.0 Å². The Morgan fingerprint density at radius 2 is 1.79 bits per heavy atom. The lowest BCUT2D eigenvalue weighted by Gasteiger charge is -2.29. The molecule has 1 aliphatic rings. The van der Waals surface area contributed by atoms with E-state index in [4.69, 9.17) is 11.6 Å². The van der Waals surface area contributed by atoms with Crippen LogP contribution in [0.1, 0.15) is 41.7 Å². The molecule has 2 aromatic carbocycles. The number of hydrogen-bond acceptors (Lipinski definition) is 4. The van der Waals surface area contributed by atoms with Crippen molar-refractivity contribution in [1.82, 2.24) is 29.0 Å². The first-order chi connectivity index (χ1) is 18.4. The lowest BCUT2D eigenvalue weighted by molar-refractivity contribution is 0.0919. The second-order valence-electron chi connectivity index (χ2n) is 10.2. The number of pyridine rings is 1. The van der Waals surface area contributed by atoms with Crippen LogP contribution in [0.15, 0.2) is 65.8 Å². The third-order valence-electron chi connectivity index (χ3n) is 7.72. The number of amides is 1. The Bertz CT molecular complexity index is 1720. The maximum Gasteiger partial charge on any atom is 0.333 e. The summed E-state index contributed by atoms with van der Waals surface area (Å²) in [6, 6.07) is 15.7. The van der Waals surface area contributed by atoms with Gasteiger partial charge in [0.15, 0.2) is 0 Å². The molecule has 0 atom stereocenters. The van der Waals surface area contributed by atoms with Gasteiger partial charge in [0.05, 0.1) is 50.4 Å². The summed E-state index contributed by atoms with van der Waals surface area (Å²) in [5.41, 5.74) is 5.65. The Kier molecular flexibility index (Phi) is 6.27. The minimum absolute atomic E-state index is 0.0409. The summed E-state index contributed by atoms with van der Waals surface area (Å²) >= 11 is 6.05. The van der Waals surface area contributed by atoms with Crippen LogP contribution in [0.3, 0.4) is 0 Å². The molecule has 1 saturated carbocycles. The molecular weight excluding hydrogens is 500 g/mol. The fourth-order valence-corrected chi connectivity index (χ4v) is 5.80. The number of benzene rings is 2. The predicted octanol–water partition coefficient (Wildman–Crippen LogP) is 5.02. The largest absolute Gasteiger partial charge is 0.349 e. The first-order valence-corrected chi connectivity index (χ1v) is 13.3. The Balaban J connectivity index is 1.20. The minimum Gasteiger partial charge on any atom is -0.349 e. The van der Waals surface area contributed by atoms with Crippen LogP contribution in [0.25, 0.3) is 27.8 Å². The van der Waals surface area contributed by atoms with Gasteiger partial charge in [0.1, 0.15) is 0 Å². The summed E-state index contributed by atoms with van der Waals surface area (Å²) in [5.74, 6) is 0.220.